The van der Waals surface area contributed by atoms with Crippen molar-refractivity contribution in [2.24, 2.45) is 10.9 Å². The zero-order valence-corrected chi connectivity index (χ0v) is 14.7. The van der Waals surface area contributed by atoms with Crippen molar-refractivity contribution in [3.05, 3.63) is 46.3 Å². The van der Waals surface area contributed by atoms with E-state index in [2.05, 4.69) is 56.0 Å². The van der Waals surface area contributed by atoms with E-state index in [1.807, 2.05) is 0 Å². The predicted molar refractivity (Wildman–Crippen MR) is 100 cm³/mol. The van der Waals surface area contributed by atoms with E-state index >= 15 is 0 Å². The summed E-state index contributed by atoms with van der Waals surface area (Å²) >= 11 is 5.14. The summed E-state index contributed by atoms with van der Waals surface area (Å²) in [6.45, 7) is 10.3. The molecule has 0 aromatic heterocycles. The van der Waals surface area contributed by atoms with Crippen molar-refractivity contribution in [1.29, 1.82) is 0 Å². The molecule has 1 aliphatic heterocycles. The Hall–Kier alpha value is -1.48. The van der Waals surface area contributed by atoms with Crippen molar-refractivity contribution in [2.45, 2.75) is 52.5 Å². The predicted octanol–water partition coefficient (Wildman–Crippen LogP) is 4.90. The van der Waals surface area contributed by atoms with Gasteiger partial charge in [-0.3, -0.25) is 4.99 Å². The molecule has 0 radical (unpaired) electrons. The first-order valence-corrected chi connectivity index (χ1v) is 8.62. The van der Waals surface area contributed by atoms with Crippen molar-refractivity contribution in [3.8, 4) is 0 Å². The maximum Gasteiger partial charge on any atom is 0.0975 e. The van der Waals surface area contributed by atoms with Crippen LogP contribution in [-0.2, 0) is 0 Å². The van der Waals surface area contributed by atoms with Gasteiger partial charge in [0.15, 0.2) is 0 Å². The maximum absolute atomic E-state index is 5.14. The fraction of sp³-hybridized carbons (Fsp3) is 0.474. The van der Waals surface area contributed by atoms with Gasteiger partial charge in [0.25, 0.3) is 0 Å². The molecule has 22 heavy (non-hydrogen) atoms. The Morgan fingerprint density at radius 2 is 2.09 bits per heavy atom. The van der Waals surface area contributed by atoms with Gasteiger partial charge in [-0.05, 0) is 62.5 Å². The Bertz CT molecular complexity index is 574. The van der Waals surface area contributed by atoms with Crippen molar-refractivity contribution >= 4 is 24.3 Å². The highest BCUT2D eigenvalue weighted by molar-refractivity contribution is 7.79. The zero-order valence-electron chi connectivity index (χ0n) is 13.9. The Morgan fingerprint density at radius 1 is 1.36 bits per heavy atom. The van der Waals surface area contributed by atoms with Crippen LogP contribution >= 0.6 is 12.2 Å². The van der Waals surface area contributed by atoms with Crippen molar-refractivity contribution in [3.63, 3.8) is 0 Å². The summed E-state index contributed by atoms with van der Waals surface area (Å²) in [6.07, 6.45) is 11.5. The first-order valence-electron chi connectivity index (χ1n) is 8.15. The molecule has 2 nitrogen and oxygen atoms in total. The third-order valence-corrected chi connectivity index (χ3v) is 4.99. The largest absolute Gasteiger partial charge is 0.372 e. The van der Waals surface area contributed by atoms with Crippen molar-refractivity contribution in [2.75, 3.05) is 0 Å². The van der Waals surface area contributed by atoms with Gasteiger partial charge in [0.1, 0.15) is 0 Å². The van der Waals surface area contributed by atoms with Gasteiger partial charge < -0.3 is 5.32 Å². The SMILES string of the molecule is C=NC1=C(C)C=C(C2=CC=C(C(CC)CC)CC2)NC1C=S. The molecule has 0 saturated heterocycles. The molecule has 1 N–H and O–H groups in total. The molecule has 1 heterocycles. The molecule has 0 saturated carbocycles. The number of rotatable bonds is 6. The lowest BCUT2D eigenvalue weighted by atomic mass is 9.85. The average Bonchev–Trinajstić information content (AvgIpc) is 2.55. The quantitative estimate of drug-likeness (QED) is 0.557. The topological polar surface area (TPSA) is 24.4 Å². The Morgan fingerprint density at radius 3 is 2.59 bits per heavy atom. The molecule has 1 aliphatic carbocycles. The number of hydrogen-bond donors (Lipinski definition) is 1. The van der Waals surface area contributed by atoms with Gasteiger partial charge in [0.2, 0.25) is 0 Å². The van der Waals surface area contributed by atoms with Crippen LogP contribution < -0.4 is 5.32 Å². The van der Waals surface area contributed by atoms with E-state index in [4.69, 9.17) is 12.2 Å². The Balaban J connectivity index is 2.25. The highest BCUT2D eigenvalue weighted by atomic mass is 32.1. The van der Waals surface area contributed by atoms with Gasteiger partial charge in [-0.2, -0.15) is 0 Å². The number of aliphatic imine (C=N–C) groups is 1. The highest BCUT2D eigenvalue weighted by Crippen LogP contribution is 2.32. The highest BCUT2D eigenvalue weighted by Gasteiger charge is 2.22. The minimum absolute atomic E-state index is 0.0159. The molecule has 1 atom stereocenters. The molecular weight excluding hydrogens is 288 g/mol. The molecule has 0 bridgehead atoms. The van der Waals surface area contributed by atoms with Gasteiger partial charge in [-0.1, -0.05) is 43.8 Å². The zero-order chi connectivity index (χ0) is 16.1. The van der Waals surface area contributed by atoms with Crippen LogP contribution in [0.25, 0.3) is 0 Å². The van der Waals surface area contributed by atoms with Crippen LogP contribution in [0.15, 0.2) is 51.3 Å². The first kappa shape index (κ1) is 16.9. The third-order valence-electron chi connectivity index (χ3n) is 4.71. The molecule has 0 amide bonds. The minimum atomic E-state index is -0.0159. The summed E-state index contributed by atoms with van der Waals surface area (Å²) in [5.41, 5.74) is 6.21. The number of nitrogens with one attached hydrogen (secondary N) is 1. The lowest BCUT2D eigenvalue weighted by Crippen LogP contribution is -2.34. The van der Waals surface area contributed by atoms with E-state index in [0.29, 0.717) is 0 Å². The Labute approximate surface area is 139 Å². The summed E-state index contributed by atoms with van der Waals surface area (Å²) in [6, 6.07) is -0.0159. The van der Waals surface area contributed by atoms with Crippen LogP contribution in [0.5, 0.6) is 0 Å². The Kier molecular flexibility index (Phi) is 5.90. The monoisotopic (exact) mass is 314 g/mol. The minimum Gasteiger partial charge on any atom is -0.372 e. The molecular formula is C19H26N2S. The average molecular weight is 314 g/mol. The van der Waals surface area contributed by atoms with E-state index in [0.717, 1.165) is 30.0 Å². The van der Waals surface area contributed by atoms with E-state index in [9.17, 15) is 0 Å². The van der Waals surface area contributed by atoms with Crippen LogP contribution in [0.2, 0.25) is 0 Å². The summed E-state index contributed by atoms with van der Waals surface area (Å²) < 4.78 is 0. The maximum atomic E-state index is 5.14. The second-order valence-electron chi connectivity index (χ2n) is 5.99. The number of nitrogens with zero attached hydrogens (tertiary/aromatic N) is 1. The second-order valence-corrected chi connectivity index (χ2v) is 6.26. The van der Waals surface area contributed by atoms with Crippen molar-refractivity contribution < 1.29 is 0 Å². The van der Waals surface area contributed by atoms with Crippen molar-refractivity contribution in [1.82, 2.24) is 5.32 Å². The van der Waals surface area contributed by atoms with Gasteiger partial charge in [0.05, 0.1) is 11.7 Å². The molecule has 118 valence electrons. The summed E-state index contributed by atoms with van der Waals surface area (Å²) in [5.74, 6) is 0.734. The first-order chi connectivity index (χ1) is 10.6. The van der Waals surface area contributed by atoms with E-state index in [1.165, 1.54) is 24.1 Å². The van der Waals surface area contributed by atoms with Crippen LogP contribution in [0.1, 0.15) is 46.5 Å². The third kappa shape index (κ3) is 3.46. The molecule has 0 spiro atoms. The smallest absolute Gasteiger partial charge is 0.0975 e. The van der Waals surface area contributed by atoms with Crippen LogP contribution in [0.4, 0.5) is 0 Å². The summed E-state index contributed by atoms with van der Waals surface area (Å²) in [5, 5.41) is 5.22. The molecule has 0 fully saturated rings. The van der Waals surface area contributed by atoms with E-state index in [-0.39, 0.29) is 6.04 Å². The molecule has 3 heteroatoms. The molecule has 2 rings (SSSR count). The molecule has 1 unspecified atom stereocenters. The molecule has 2 aliphatic rings. The fourth-order valence-corrected chi connectivity index (χ4v) is 3.55. The summed E-state index contributed by atoms with van der Waals surface area (Å²) in [7, 11) is 0. The lowest BCUT2D eigenvalue weighted by molar-refractivity contribution is 0.546. The van der Waals surface area contributed by atoms with Gasteiger partial charge in [-0.15, -0.1) is 0 Å². The van der Waals surface area contributed by atoms with E-state index < -0.39 is 0 Å². The number of thiocarbonyl (C=S) groups is 1. The fourth-order valence-electron chi connectivity index (χ4n) is 3.35. The van der Waals surface area contributed by atoms with Gasteiger partial charge in [-0.25, -0.2) is 0 Å². The standard InChI is InChI=1S/C19H26N2S/c1-5-14(6-2)15-7-9-16(10-8-15)17-11-13(3)19(20-4)18(12-22)21-17/h7,9,11-12,14,18,21H,4-6,8,10H2,1-3H3. The van der Waals surface area contributed by atoms with Crippen LogP contribution in [0.3, 0.4) is 0 Å². The lowest BCUT2D eigenvalue weighted by Gasteiger charge is -2.28. The van der Waals surface area contributed by atoms with Gasteiger partial charge in [0, 0.05) is 11.1 Å². The van der Waals surface area contributed by atoms with Crippen LogP contribution in [0, 0.1) is 5.92 Å². The normalized spacial score (nSPS) is 21.8. The number of allylic oxidation sites excluding steroid dienone is 6. The molecule has 0 aromatic carbocycles. The van der Waals surface area contributed by atoms with Gasteiger partial charge >= 0.3 is 0 Å². The number of hydrogen-bond acceptors (Lipinski definition) is 3. The summed E-state index contributed by atoms with van der Waals surface area (Å²) in [4.78, 5) is 4.11. The second kappa shape index (κ2) is 7.68. The number of dihydropyridines is 1. The van der Waals surface area contributed by atoms with E-state index in [1.54, 1.807) is 10.9 Å². The van der Waals surface area contributed by atoms with Crippen LogP contribution in [-0.4, -0.2) is 18.1 Å². The molecule has 0 aromatic rings.